The van der Waals surface area contributed by atoms with Gasteiger partial charge in [-0.25, -0.2) is 4.98 Å². The number of hydrogen-bond donors (Lipinski definition) is 0. The molecular weight excluding hydrogens is 522 g/mol. The van der Waals surface area contributed by atoms with Crippen molar-refractivity contribution in [3.05, 3.63) is 171 Å². The third kappa shape index (κ3) is 3.88. The number of hydrogen-bond acceptors (Lipinski definition) is 3. The van der Waals surface area contributed by atoms with Crippen molar-refractivity contribution in [3.8, 4) is 0 Å². The minimum absolute atomic E-state index is 0.0879. The van der Waals surface area contributed by atoms with Crippen LogP contribution in [0.5, 0.6) is 0 Å². The van der Waals surface area contributed by atoms with Gasteiger partial charge in [0, 0.05) is 41.0 Å². The van der Waals surface area contributed by atoms with Crippen molar-refractivity contribution < 1.29 is 0 Å². The van der Waals surface area contributed by atoms with E-state index in [2.05, 4.69) is 113 Å². The van der Waals surface area contributed by atoms with Crippen LogP contribution in [-0.2, 0) is 19.0 Å². The molecule has 0 unspecified atom stereocenters. The van der Waals surface area contributed by atoms with E-state index in [1.54, 1.807) is 11.3 Å². The molecule has 7 aromatic rings. The maximum Gasteiger partial charge on any atom is 0.193 e. The lowest BCUT2D eigenvalue weighted by Gasteiger charge is -2.38. The summed E-state index contributed by atoms with van der Waals surface area (Å²) in [6, 6.07) is 40.0. The van der Waals surface area contributed by atoms with Gasteiger partial charge in [0.25, 0.3) is 0 Å². The molecule has 3 aromatic heterocycles. The molecule has 5 heteroatoms. The molecule has 0 saturated heterocycles. The van der Waals surface area contributed by atoms with Crippen molar-refractivity contribution in [1.29, 1.82) is 0 Å². The number of rotatable bonds is 6. The first-order chi connectivity index (χ1) is 20.1. The predicted octanol–water partition coefficient (Wildman–Crippen LogP) is 7.69. The van der Waals surface area contributed by atoms with Gasteiger partial charge in [-0.15, -0.1) is 11.3 Å². The van der Waals surface area contributed by atoms with Crippen LogP contribution in [0.15, 0.2) is 132 Å². The lowest BCUT2D eigenvalue weighted by atomic mass is 9.76. The Kier molecular flexibility index (Phi) is 6.17. The average Bonchev–Trinajstić information content (AvgIpc) is 3.54. The third-order valence-electron chi connectivity index (χ3n) is 8.29. The van der Waals surface area contributed by atoms with Crippen LogP contribution >= 0.6 is 11.3 Å². The first kappa shape index (κ1) is 25.2. The van der Waals surface area contributed by atoms with Gasteiger partial charge in [-0.3, -0.25) is 4.79 Å². The number of aryl methyl sites for hydroxylation is 1. The van der Waals surface area contributed by atoms with Gasteiger partial charge >= 0.3 is 0 Å². The Morgan fingerprint density at radius 2 is 1.29 bits per heavy atom. The molecule has 0 aliphatic rings. The average molecular weight is 552 g/mol. The highest BCUT2D eigenvalue weighted by Crippen LogP contribution is 2.42. The van der Waals surface area contributed by atoms with E-state index < -0.39 is 5.54 Å². The normalized spacial score (nSPS) is 11.9. The molecule has 4 aromatic carbocycles. The maximum absolute atomic E-state index is 13.9. The smallest absolute Gasteiger partial charge is 0.193 e. The molecule has 7 rings (SSSR count). The highest BCUT2D eigenvalue weighted by atomic mass is 32.1. The molecule has 0 aliphatic heterocycles. The van der Waals surface area contributed by atoms with E-state index in [0.29, 0.717) is 6.42 Å². The van der Waals surface area contributed by atoms with Crippen LogP contribution < -0.4 is 5.43 Å². The Balaban J connectivity index is 1.43. The standard InChI is InChI=1S/C36H29N3OS/c1-25-31(22-26-23-41-35-33(34(26)40)30-20-12-13-21-32(30)38(35)2)37-24-39(25)36(27-14-6-3-7-15-27,28-16-8-4-9-17-28)29-18-10-5-11-19-29/h3-21,23-24H,22H2,1-2H3. The van der Waals surface area contributed by atoms with Crippen molar-refractivity contribution in [2.75, 3.05) is 0 Å². The number of nitrogens with zero attached hydrogens (tertiary/aromatic N) is 3. The van der Waals surface area contributed by atoms with E-state index >= 15 is 0 Å². The second-order valence-electron chi connectivity index (χ2n) is 10.5. The second-order valence-corrected chi connectivity index (χ2v) is 11.3. The molecule has 0 N–H and O–H groups in total. The lowest BCUT2D eigenvalue weighted by Crippen LogP contribution is -2.38. The first-order valence-corrected chi connectivity index (χ1v) is 14.7. The Labute approximate surface area is 242 Å². The molecule has 3 heterocycles. The summed E-state index contributed by atoms with van der Waals surface area (Å²) >= 11 is 1.63. The second kappa shape index (κ2) is 10.0. The molecule has 0 radical (unpaired) electrons. The summed E-state index contributed by atoms with van der Waals surface area (Å²) < 4.78 is 4.40. The quantitative estimate of drug-likeness (QED) is 0.199. The summed E-state index contributed by atoms with van der Waals surface area (Å²) in [6.07, 6.45) is 2.42. The van der Waals surface area contributed by atoms with E-state index in [9.17, 15) is 4.79 Å². The van der Waals surface area contributed by atoms with Gasteiger partial charge in [-0.1, -0.05) is 109 Å². The van der Waals surface area contributed by atoms with Gasteiger partial charge in [0.05, 0.1) is 17.4 Å². The Morgan fingerprint density at radius 3 is 1.88 bits per heavy atom. The summed E-state index contributed by atoms with van der Waals surface area (Å²) in [6.45, 7) is 2.12. The Morgan fingerprint density at radius 1 is 0.756 bits per heavy atom. The summed E-state index contributed by atoms with van der Waals surface area (Å²) in [5.74, 6) is 0. The van der Waals surface area contributed by atoms with Gasteiger partial charge in [-0.05, 0) is 29.7 Å². The lowest BCUT2D eigenvalue weighted by molar-refractivity contribution is 0.503. The van der Waals surface area contributed by atoms with Gasteiger partial charge in [-0.2, -0.15) is 0 Å². The molecule has 0 spiro atoms. The zero-order valence-corrected chi connectivity index (χ0v) is 23.8. The Hall–Kier alpha value is -4.74. The summed E-state index contributed by atoms with van der Waals surface area (Å²) in [4.78, 5) is 19.9. The van der Waals surface area contributed by atoms with Crippen LogP contribution in [0.25, 0.3) is 21.1 Å². The fraction of sp³-hybridized carbons (Fsp3) is 0.111. The topological polar surface area (TPSA) is 39.8 Å². The van der Waals surface area contributed by atoms with Crippen molar-refractivity contribution in [2.45, 2.75) is 18.9 Å². The number of imidazole rings is 1. The monoisotopic (exact) mass is 551 g/mol. The molecule has 200 valence electrons. The van der Waals surface area contributed by atoms with E-state index in [0.717, 1.165) is 54.8 Å². The zero-order chi connectivity index (χ0) is 28.0. The number of benzene rings is 4. The first-order valence-electron chi connectivity index (χ1n) is 13.8. The van der Waals surface area contributed by atoms with Gasteiger partial charge in [0.2, 0.25) is 0 Å². The Bertz CT molecular complexity index is 1960. The minimum Gasteiger partial charge on any atom is -0.335 e. The predicted molar refractivity (Wildman–Crippen MR) is 169 cm³/mol. The van der Waals surface area contributed by atoms with Crippen LogP contribution in [0.2, 0.25) is 0 Å². The molecule has 0 amide bonds. The number of aromatic nitrogens is 3. The molecule has 0 bridgehead atoms. The van der Waals surface area contributed by atoms with E-state index in [1.807, 2.05) is 37.0 Å². The minimum atomic E-state index is -0.637. The molecule has 0 fully saturated rings. The fourth-order valence-corrected chi connectivity index (χ4v) is 7.31. The maximum atomic E-state index is 13.9. The van der Waals surface area contributed by atoms with E-state index in [1.165, 1.54) is 0 Å². The summed E-state index contributed by atoms with van der Waals surface area (Å²) in [5.41, 5.74) is 6.68. The van der Waals surface area contributed by atoms with Crippen LogP contribution in [-0.4, -0.2) is 14.1 Å². The van der Waals surface area contributed by atoms with Crippen molar-refractivity contribution in [3.63, 3.8) is 0 Å². The van der Waals surface area contributed by atoms with Gasteiger partial charge in [0.15, 0.2) is 5.43 Å². The molecular formula is C36H29N3OS. The van der Waals surface area contributed by atoms with Gasteiger partial charge < -0.3 is 9.13 Å². The fourth-order valence-electron chi connectivity index (χ4n) is 6.28. The highest BCUT2D eigenvalue weighted by Gasteiger charge is 2.39. The summed E-state index contributed by atoms with van der Waals surface area (Å²) in [7, 11) is 2.03. The largest absolute Gasteiger partial charge is 0.335 e. The van der Waals surface area contributed by atoms with Crippen molar-refractivity contribution in [2.24, 2.45) is 7.05 Å². The third-order valence-corrected chi connectivity index (χ3v) is 9.39. The van der Waals surface area contributed by atoms with Crippen molar-refractivity contribution in [1.82, 2.24) is 14.1 Å². The summed E-state index contributed by atoms with van der Waals surface area (Å²) in [5, 5.41) is 3.82. The number of fused-ring (bicyclic) bond motifs is 3. The SMILES string of the molecule is Cc1c(Cc2csc3c(c2=O)c2ccccc2n3C)ncn1C(c1ccccc1)(c1ccccc1)c1ccccc1. The van der Waals surface area contributed by atoms with E-state index in [4.69, 9.17) is 4.98 Å². The van der Waals surface area contributed by atoms with Crippen LogP contribution in [0.1, 0.15) is 33.6 Å². The van der Waals surface area contributed by atoms with Crippen LogP contribution in [0, 0.1) is 6.92 Å². The van der Waals surface area contributed by atoms with E-state index in [-0.39, 0.29) is 5.43 Å². The highest BCUT2D eigenvalue weighted by molar-refractivity contribution is 7.16. The van der Waals surface area contributed by atoms with Crippen molar-refractivity contribution >= 4 is 32.5 Å². The van der Waals surface area contributed by atoms with Crippen LogP contribution in [0.4, 0.5) is 0 Å². The zero-order valence-electron chi connectivity index (χ0n) is 23.0. The molecule has 41 heavy (non-hydrogen) atoms. The molecule has 4 nitrogen and oxygen atoms in total. The molecule has 0 aliphatic carbocycles. The van der Waals surface area contributed by atoms with Gasteiger partial charge in [0.1, 0.15) is 10.4 Å². The van der Waals surface area contributed by atoms with Crippen LogP contribution in [0.3, 0.4) is 0 Å². The molecule has 0 saturated carbocycles. The molecule has 0 atom stereocenters. The number of para-hydroxylation sites is 1.